The number of aryl methyl sites for hydroxylation is 1. The molecule has 1 aromatic rings. The number of benzene rings is 1. The molecule has 3 aliphatic rings. The van der Waals surface area contributed by atoms with Crippen molar-refractivity contribution in [3.63, 3.8) is 0 Å². The van der Waals surface area contributed by atoms with Crippen LogP contribution in [0.5, 0.6) is 0 Å². The quantitative estimate of drug-likeness (QED) is 0.654. The minimum atomic E-state index is -0.268. The van der Waals surface area contributed by atoms with Crippen molar-refractivity contribution < 1.29 is 14.4 Å². The Morgan fingerprint density at radius 2 is 2.09 bits per heavy atom. The number of amides is 3. The Kier molecular flexibility index (Phi) is 6.38. The number of nitriles is 1. The van der Waals surface area contributed by atoms with E-state index in [-0.39, 0.29) is 48.7 Å². The van der Waals surface area contributed by atoms with Gasteiger partial charge in [-0.2, -0.15) is 5.26 Å². The average Bonchev–Trinajstić information content (AvgIpc) is 3.54. The lowest BCUT2D eigenvalue weighted by Crippen LogP contribution is -2.57. The number of carbonyl (C=O) groups is 3. The van der Waals surface area contributed by atoms with Gasteiger partial charge in [0.25, 0.3) is 5.91 Å². The third-order valence-corrected chi connectivity index (χ3v) is 6.35. The Hall–Kier alpha value is -3.38. The molecule has 2 fully saturated rings. The summed E-state index contributed by atoms with van der Waals surface area (Å²) < 4.78 is 0. The third kappa shape index (κ3) is 4.86. The maximum atomic E-state index is 13.2. The minimum absolute atomic E-state index is 0.0197. The molecule has 9 heteroatoms. The van der Waals surface area contributed by atoms with Gasteiger partial charge in [-0.15, -0.1) is 0 Å². The van der Waals surface area contributed by atoms with Crippen LogP contribution in [0.1, 0.15) is 43.4 Å². The van der Waals surface area contributed by atoms with Gasteiger partial charge in [0.05, 0.1) is 24.6 Å². The number of anilines is 1. The van der Waals surface area contributed by atoms with Gasteiger partial charge in [0, 0.05) is 31.7 Å². The maximum absolute atomic E-state index is 13.2. The highest BCUT2D eigenvalue weighted by Gasteiger charge is 2.40. The fraction of sp³-hybridized carbons (Fsp3) is 0.500. The second-order valence-electron chi connectivity index (χ2n) is 9.14. The molecule has 0 radical (unpaired) electrons. The Balaban J connectivity index is 1.52. The van der Waals surface area contributed by atoms with Gasteiger partial charge in [-0.3, -0.25) is 19.4 Å². The first-order valence-electron chi connectivity index (χ1n) is 11.4. The largest absolute Gasteiger partial charge is 0.343 e. The number of nitrogens with zero attached hydrogens (tertiary/aromatic N) is 4. The molecule has 2 heterocycles. The van der Waals surface area contributed by atoms with E-state index in [2.05, 4.69) is 10.7 Å². The van der Waals surface area contributed by atoms with Crippen LogP contribution in [0.2, 0.25) is 0 Å². The first kappa shape index (κ1) is 22.8. The van der Waals surface area contributed by atoms with Gasteiger partial charge in [0.2, 0.25) is 11.8 Å². The molecule has 33 heavy (non-hydrogen) atoms. The molecule has 9 nitrogen and oxygen atoms in total. The van der Waals surface area contributed by atoms with Crippen LogP contribution in [0.25, 0.3) is 0 Å². The topological polar surface area (TPSA) is 109 Å². The molecular formula is C24H30N6O3. The van der Waals surface area contributed by atoms with E-state index in [0.29, 0.717) is 18.8 Å². The highest BCUT2D eigenvalue weighted by molar-refractivity contribution is 5.97. The number of carbonyl (C=O) groups excluding carboxylic acids is 3. The molecule has 0 bridgehead atoms. The van der Waals surface area contributed by atoms with Crippen molar-refractivity contribution in [2.24, 2.45) is 5.92 Å². The molecule has 0 aromatic heterocycles. The predicted molar refractivity (Wildman–Crippen MR) is 122 cm³/mol. The molecule has 1 saturated carbocycles. The SMILES string of the molecule is Cc1ccc(C2C=C3C(=O)N(CC(=O)N(C)CCC#N)CC(C)N3N2)c(NC(=O)C2CC2)c1. The first-order chi connectivity index (χ1) is 15.8. The molecule has 0 spiro atoms. The molecule has 4 rings (SSSR count). The van der Waals surface area contributed by atoms with E-state index in [1.165, 1.54) is 4.90 Å². The molecule has 2 unspecified atom stereocenters. The highest BCUT2D eigenvalue weighted by atomic mass is 16.2. The fourth-order valence-corrected chi connectivity index (χ4v) is 4.23. The lowest BCUT2D eigenvalue weighted by atomic mass is 10.0. The second-order valence-corrected chi connectivity index (χ2v) is 9.14. The van der Waals surface area contributed by atoms with Gasteiger partial charge in [0.1, 0.15) is 12.2 Å². The third-order valence-electron chi connectivity index (χ3n) is 6.35. The number of likely N-dealkylation sites (N-methyl/N-ethyl adjacent to an activating group) is 1. The molecule has 1 aliphatic carbocycles. The number of nitrogens with one attached hydrogen (secondary N) is 2. The zero-order valence-corrected chi connectivity index (χ0v) is 19.3. The van der Waals surface area contributed by atoms with Crippen LogP contribution in [-0.2, 0) is 14.4 Å². The summed E-state index contributed by atoms with van der Waals surface area (Å²) in [7, 11) is 1.64. The number of hydrogen-bond acceptors (Lipinski definition) is 6. The van der Waals surface area contributed by atoms with E-state index in [4.69, 9.17) is 5.26 Å². The van der Waals surface area contributed by atoms with Crippen molar-refractivity contribution >= 4 is 23.4 Å². The molecule has 2 N–H and O–H groups in total. The molecule has 2 aliphatic heterocycles. The van der Waals surface area contributed by atoms with Crippen molar-refractivity contribution in [1.82, 2.24) is 20.2 Å². The minimum Gasteiger partial charge on any atom is -0.343 e. The van der Waals surface area contributed by atoms with E-state index in [1.807, 2.05) is 49.2 Å². The number of rotatable bonds is 7. The van der Waals surface area contributed by atoms with Crippen LogP contribution >= 0.6 is 0 Å². The highest BCUT2D eigenvalue weighted by Crippen LogP contribution is 2.36. The van der Waals surface area contributed by atoms with Gasteiger partial charge >= 0.3 is 0 Å². The normalized spacial score (nSPS) is 21.9. The van der Waals surface area contributed by atoms with Crippen molar-refractivity contribution in [2.45, 2.75) is 45.2 Å². The molecule has 1 saturated heterocycles. The van der Waals surface area contributed by atoms with E-state index >= 15 is 0 Å². The average molecular weight is 451 g/mol. The summed E-state index contributed by atoms with van der Waals surface area (Å²) in [6.45, 7) is 4.71. The lowest BCUT2D eigenvalue weighted by molar-refractivity contribution is -0.141. The number of fused-ring (bicyclic) bond motifs is 1. The van der Waals surface area contributed by atoms with Gasteiger partial charge in [-0.05, 0) is 50.0 Å². The van der Waals surface area contributed by atoms with Gasteiger partial charge in [-0.1, -0.05) is 12.1 Å². The monoisotopic (exact) mass is 450 g/mol. The zero-order chi connectivity index (χ0) is 23.7. The fourth-order valence-electron chi connectivity index (χ4n) is 4.23. The standard InChI is InChI=1S/C24H30N6O3/c1-15-5-8-18(19(11-15)26-23(32)17-6-7-17)20-12-21-24(33)29(13-16(2)30(21)27-20)14-22(31)28(3)10-4-9-25/h5,8,11-12,16-17,20,27H,4,6-7,10,13-14H2,1-3H3,(H,26,32). The maximum Gasteiger partial charge on any atom is 0.271 e. The van der Waals surface area contributed by atoms with Crippen LogP contribution in [0.4, 0.5) is 5.69 Å². The van der Waals surface area contributed by atoms with Crippen LogP contribution in [0, 0.1) is 24.2 Å². The van der Waals surface area contributed by atoms with Crippen molar-refractivity contribution in [3.8, 4) is 6.07 Å². The van der Waals surface area contributed by atoms with E-state index in [1.54, 1.807) is 11.9 Å². The summed E-state index contributed by atoms with van der Waals surface area (Å²) in [5, 5.41) is 13.7. The molecule has 3 amide bonds. The Bertz CT molecular complexity index is 1040. The summed E-state index contributed by atoms with van der Waals surface area (Å²) in [6.07, 6.45) is 3.98. The summed E-state index contributed by atoms with van der Waals surface area (Å²) >= 11 is 0. The van der Waals surface area contributed by atoms with Gasteiger partial charge in [0.15, 0.2) is 0 Å². The van der Waals surface area contributed by atoms with Crippen molar-refractivity contribution in [2.75, 3.05) is 32.0 Å². The summed E-state index contributed by atoms with van der Waals surface area (Å²) in [5.74, 6) is -0.259. The van der Waals surface area contributed by atoms with Crippen LogP contribution in [0.3, 0.4) is 0 Å². The summed E-state index contributed by atoms with van der Waals surface area (Å²) in [5.41, 5.74) is 6.61. The van der Waals surface area contributed by atoms with Crippen LogP contribution in [-0.4, -0.2) is 65.3 Å². The first-order valence-corrected chi connectivity index (χ1v) is 11.4. The number of piperazine rings is 1. The Morgan fingerprint density at radius 1 is 1.33 bits per heavy atom. The summed E-state index contributed by atoms with van der Waals surface area (Å²) in [6, 6.07) is 7.65. The zero-order valence-electron chi connectivity index (χ0n) is 19.3. The van der Waals surface area contributed by atoms with E-state index in [9.17, 15) is 14.4 Å². The van der Waals surface area contributed by atoms with Crippen molar-refractivity contribution in [3.05, 3.63) is 41.1 Å². The van der Waals surface area contributed by atoms with Crippen LogP contribution in [0.15, 0.2) is 30.0 Å². The Morgan fingerprint density at radius 3 is 2.79 bits per heavy atom. The van der Waals surface area contributed by atoms with Crippen molar-refractivity contribution in [1.29, 1.82) is 5.26 Å². The van der Waals surface area contributed by atoms with E-state index in [0.717, 1.165) is 29.7 Å². The Labute approximate surface area is 194 Å². The van der Waals surface area contributed by atoms with Gasteiger partial charge in [-0.25, -0.2) is 5.43 Å². The molecular weight excluding hydrogens is 420 g/mol. The second kappa shape index (κ2) is 9.24. The van der Waals surface area contributed by atoms with Crippen LogP contribution < -0.4 is 10.7 Å². The molecule has 1 aromatic carbocycles. The van der Waals surface area contributed by atoms with Gasteiger partial charge < -0.3 is 15.1 Å². The molecule has 174 valence electrons. The lowest BCUT2D eigenvalue weighted by Gasteiger charge is -2.40. The number of hydrazine groups is 1. The van der Waals surface area contributed by atoms with E-state index < -0.39 is 0 Å². The smallest absolute Gasteiger partial charge is 0.271 e. The predicted octanol–water partition coefficient (Wildman–Crippen LogP) is 1.69. The number of hydrogen-bond donors (Lipinski definition) is 2. The molecule has 2 atom stereocenters. The summed E-state index contributed by atoms with van der Waals surface area (Å²) in [4.78, 5) is 41.2.